The second kappa shape index (κ2) is 8.25. The molecular weight excluding hydrogens is 382 g/mol. The van der Waals surface area contributed by atoms with E-state index in [1.807, 2.05) is 23.5 Å². The Labute approximate surface area is 175 Å². The van der Waals surface area contributed by atoms with E-state index in [4.69, 9.17) is 4.98 Å². The van der Waals surface area contributed by atoms with Crippen molar-refractivity contribution in [3.05, 3.63) is 53.4 Å². The molecule has 1 amide bonds. The van der Waals surface area contributed by atoms with Gasteiger partial charge in [-0.2, -0.15) is 0 Å². The molecule has 1 aromatic carbocycles. The van der Waals surface area contributed by atoms with Gasteiger partial charge in [-0.05, 0) is 66.9 Å². The summed E-state index contributed by atoms with van der Waals surface area (Å²) in [6.45, 7) is 5.35. The van der Waals surface area contributed by atoms with Gasteiger partial charge in [0.1, 0.15) is 11.6 Å². The van der Waals surface area contributed by atoms with Gasteiger partial charge in [0.05, 0.1) is 5.69 Å². The van der Waals surface area contributed by atoms with Gasteiger partial charge in [0, 0.05) is 41.4 Å². The second-order valence-electron chi connectivity index (χ2n) is 7.40. The first-order chi connectivity index (χ1) is 14.0. The van der Waals surface area contributed by atoms with Crippen LogP contribution in [0.4, 0.5) is 5.82 Å². The van der Waals surface area contributed by atoms with E-state index >= 15 is 0 Å². The Morgan fingerprint density at radius 2 is 2.00 bits per heavy atom. The van der Waals surface area contributed by atoms with Gasteiger partial charge in [-0.25, -0.2) is 4.98 Å². The fraction of sp³-hybridized carbons (Fsp3) is 0.304. The Bertz CT molecular complexity index is 1010. The lowest BCUT2D eigenvalue weighted by Gasteiger charge is -2.20. The van der Waals surface area contributed by atoms with Crippen LogP contribution < -0.4 is 10.2 Å². The van der Waals surface area contributed by atoms with Crippen LogP contribution in [0.25, 0.3) is 21.7 Å². The normalized spacial score (nSPS) is 16.2. The van der Waals surface area contributed by atoms with Gasteiger partial charge in [-0.3, -0.25) is 4.79 Å². The van der Waals surface area contributed by atoms with E-state index in [2.05, 4.69) is 41.4 Å². The Morgan fingerprint density at radius 1 is 1.21 bits per heavy atom. The number of thiophene rings is 1. The lowest BCUT2D eigenvalue weighted by atomic mass is 10.1. The van der Waals surface area contributed by atoms with Crippen LogP contribution in [0, 0.1) is 0 Å². The molecule has 1 fully saturated rings. The summed E-state index contributed by atoms with van der Waals surface area (Å²) in [7, 11) is 0. The van der Waals surface area contributed by atoms with Crippen molar-refractivity contribution in [2.24, 2.45) is 0 Å². The van der Waals surface area contributed by atoms with E-state index in [0.29, 0.717) is 0 Å². The first-order valence-electron chi connectivity index (χ1n) is 9.94. The summed E-state index contributed by atoms with van der Waals surface area (Å²) in [5.41, 5.74) is 2.99. The largest absolute Gasteiger partial charge is 0.508 e. The molecule has 1 unspecified atom stereocenters. The van der Waals surface area contributed by atoms with Gasteiger partial charge in [-0.15, -0.1) is 11.3 Å². The third-order valence-electron chi connectivity index (χ3n) is 5.19. The number of anilines is 1. The minimum absolute atomic E-state index is 0.00835. The molecule has 0 bridgehead atoms. The van der Waals surface area contributed by atoms with Gasteiger partial charge in [-0.1, -0.05) is 6.92 Å². The van der Waals surface area contributed by atoms with Crippen LogP contribution in [-0.4, -0.2) is 35.1 Å². The SMILES string of the molecule is CCc1ccc(-c2cc(-c3ccc(O)cc3)nc(N3CCC(NC(C)=O)C3)c2)s1. The monoisotopic (exact) mass is 407 g/mol. The summed E-state index contributed by atoms with van der Waals surface area (Å²) in [6.07, 6.45) is 1.94. The fourth-order valence-corrected chi connectivity index (χ4v) is 4.63. The molecule has 1 saturated heterocycles. The summed E-state index contributed by atoms with van der Waals surface area (Å²) in [5, 5.41) is 12.7. The predicted octanol–water partition coefficient (Wildman–Crippen LogP) is 4.46. The number of phenols is 1. The molecule has 0 saturated carbocycles. The molecule has 5 nitrogen and oxygen atoms in total. The molecule has 3 heterocycles. The summed E-state index contributed by atoms with van der Waals surface area (Å²) >= 11 is 1.81. The number of nitrogens with zero attached hydrogens (tertiary/aromatic N) is 2. The molecule has 29 heavy (non-hydrogen) atoms. The number of hydrogen-bond donors (Lipinski definition) is 2. The topological polar surface area (TPSA) is 65.5 Å². The lowest BCUT2D eigenvalue weighted by Crippen LogP contribution is -2.35. The van der Waals surface area contributed by atoms with Crippen molar-refractivity contribution in [2.75, 3.05) is 18.0 Å². The van der Waals surface area contributed by atoms with Crippen LogP contribution in [0.3, 0.4) is 0 Å². The first-order valence-corrected chi connectivity index (χ1v) is 10.8. The van der Waals surface area contributed by atoms with Crippen molar-refractivity contribution in [1.29, 1.82) is 0 Å². The number of amides is 1. The zero-order valence-corrected chi connectivity index (χ0v) is 17.5. The third-order valence-corrected chi connectivity index (χ3v) is 6.47. The van der Waals surface area contributed by atoms with Crippen LogP contribution in [0.5, 0.6) is 5.75 Å². The summed E-state index contributed by atoms with van der Waals surface area (Å²) in [6, 6.07) is 15.9. The zero-order chi connectivity index (χ0) is 20.4. The molecule has 0 aliphatic carbocycles. The summed E-state index contributed by atoms with van der Waals surface area (Å²) in [4.78, 5) is 21.2. The molecule has 6 heteroatoms. The predicted molar refractivity (Wildman–Crippen MR) is 118 cm³/mol. The quantitative estimate of drug-likeness (QED) is 0.655. The van der Waals surface area contributed by atoms with Crippen molar-refractivity contribution >= 4 is 23.1 Å². The van der Waals surface area contributed by atoms with Crippen LogP contribution in [0.2, 0.25) is 0 Å². The van der Waals surface area contributed by atoms with Crippen molar-refractivity contribution < 1.29 is 9.90 Å². The number of aromatic hydroxyl groups is 1. The molecule has 0 spiro atoms. The van der Waals surface area contributed by atoms with E-state index < -0.39 is 0 Å². The Balaban J connectivity index is 1.72. The van der Waals surface area contributed by atoms with Gasteiger partial charge in [0.2, 0.25) is 5.91 Å². The molecule has 2 N–H and O–H groups in total. The number of aromatic nitrogens is 1. The number of hydrogen-bond acceptors (Lipinski definition) is 5. The van der Waals surface area contributed by atoms with E-state index in [1.54, 1.807) is 19.1 Å². The highest BCUT2D eigenvalue weighted by atomic mass is 32.1. The lowest BCUT2D eigenvalue weighted by molar-refractivity contribution is -0.119. The maximum Gasteiger partial charge on any atom is 0.217 e. The number of nitrogens with one attached hydrogen (secondary N) is 1. The van der Waals surface area contributed by atoms with Crippen LogP contribution in [0.15, 0.2) is 48.5 Å². The Hall–Kier alpha value is -2.86. The van der Waals surface area contributed by atoms with Crippen molar-refractivity contribution in [1.82, 2.24) is 10.3 Å². The molecule has 3 aromatic rings. The van der Waals surface area contributed by atoms with Crippen molar-refractivity contribution in [3.63, 3.8) is 0 Å². The standard InChI is InChI=1S/C23H25N3O2S/c1-3-20-8-9-22(29-20)17-12-21(16-4-6-19(28)7-5-16)25-23(13-17)26-11-10-18(14-26)24-15(2)27/h4-9,12-13,18,28H,3,10-11,14H2,1-2H3,(H,24,27). The smallest absolute Gasteiger partial charge is 0.217 e. The van der Waals surface area contributed by atoms with Gasteiger partial charge in [0.25, 0.3) is 0 Å². The van der Waals surface area contributed by atoms with Gasteiger partial charge >= 0.3 is 0 Å². The van der Waals surface area contributed by atoms with Crippen molar-refractivity contribution in [3.8, 4) is 27.4 Å². The number of pyridine rings is 1. The molecule has 4 rings (SSSR count). The van der Waals surface area contributed by atoms with Crippen molar-refractivity contribution in [2.45, 2.75) is 32.7 Å². The molecule has 1 aliphatic heterocycles. The van der Waals surface area contributed by atoms with Gasteiger partial charge in [0.15, 0.2) is 0 Å². The molecule has 150 valence electrons. The zero-order valence-electron chi connectivity index (χ0n) is 16.7. The number of carbonyl (C=O) groups excluding carboxylic acids is 1. The maximum absolute atomic E-state index is 11.4. The number of phenolic OH excluding ortho intramolecular Hbond substituents is 1. The van der Waals surface area contributed by atoms with Gasteiger partial charge < -0.3 is 15.3 Å². The van der Waals surface area contributed by atoms with Crippen LogP contribution in [0.1, 0.15) is 25.1 Å². The molecular formula is C23H25N3O2S. The van der Waals surface area contributed by atoms with Crippen LogP contribution >= 0.6 is 11.3 Å². The Kier molecular flexibility index (Phi) is 5.53. The number of rotatable bonds is 5. The molecule has 1 atom stereocenters. The minimum Gasteiger partial charge on any atom is -0.508 e. The maximum atomic E-state index is 11.4. The third kappa shape index (κ3) is 4.43. The van der Waals surface area contributed by atoms with E-state index in [-0.39, 0.29) is 17.7 Å². The van der Waals surface area contributed by atoms with E-state index in [0.717, 1.165) is 48.6 Å². The first kappa shape index (κ1) is 19.5. The average Bonchev–Trinajstić information content (AvgIpc) is 3.37. The van der Waals surface area contributed by atoms with Crippen LogP contribution in [-0.2, 0) is 11.2 Å². The molecule has 1 aliphatic rings. The van der Waals surface area contributed by atoms with E-state index in [9.17, 15) is 9.90 Å². The number of aryl methyl sites for hydroxylation is 1. The minimum atomic E-state index is 0.00835. The Morgan fingerprint density at radius 3 is 2.69 bits per heavy atom. The molecule has 2 aromatic heterocycles. The van der Waals surface area contributed by atoms with E-state index in [1.165, 1.54) is 9.75 Å². The second-order valence-corrected chi connectivity index (χ2v) is 8.57. The summed E-state index contributed by atoms with van der Waals surface area (Å²) < 4.78 is 0. The summed E-state index contributed by atoms with van der Waals surface area (Å²) in [5.74, 6) is 1.17. The highest BCUT2D eigenvalue weighted by Crippen LogP contribution is 2.34. The average molecular weight is 408 g/mol. The number of carbonyl (C=O) groups is 1. The fourth-order valence-electron chi connectivity index (χ4n) is 3.70. The highest BCUT2D eigenvalue weighted by molar-refractivity contribution is 7.15. The highest BCUT2D eigenvalue weighted by Gasteiger charge is 2.25. The molecule has 0 radical (unpaired) electrons. The number of benzene rings is 1.